The van der Waals surface area contributed by atoms with Gasteiger partial charge in [-0.3, -0.25) is 4.57 Å². The Morgan fingerprint density at radius 3 is 1.85 bits per heavy atom. The summed E-state index contributed by atoms with van der Waals surface area (Å²) in [6, 6.07) is 0. The maximum absolute atomic E-state index is 12.1. The Bertz CT molecular complexity index is 249. The number of rotatable bonds is 15. The molecule has 0 aliphatic carbocycles. The molecule has 0 bridgehead atoms. The van der Waals surface area contributed by atoms with Crippen molar-refractivity contribution in [2.75, 3.05) is 26.4 Å². The van der Waals surface area contributed by atoms with E-state index in [1.807, 2.05) is 0 Å². The van der Waals surface area contributed by atoms with E-state index in [9.17, 15) is 4.57 Å². The van der Waals surface area contributed by atoms with Crippen molar-refractivity contribution in [1.29, 1.82) is 0 Å². The number of hydrogen-bond acceptors (Lipinski definition) is 4. The van der Waals surface area contributed by atoms with E-state index in [2.05, 4.69) is 6.92 Å². The van der Waals surface area contributed by atoms with Crippen LogP contribution in [-0.4, -0.2) is 26.4 Å². The molecule has 0 radical (unpaired) electrons. The fourth-order valence-corrected chi connectivity index (χ4v) is 3.60. The van der Waals surface area contributed by atoms with Gasteiger partial charge in [-0.05, 0) is 6.42 Å². The standard InChI is InChI=1S/C15H34NO3P/c1-3-4-5-6-7-8-9-10-11-12-15-20(17,18-2)19-14-13-16/h3-16H2,1-2H3. The molecule has 0 spiro atoms. The fraction of sp³-hybridized carbons (Fsp3) is 1.00. The first-order valence-corrected chi connectivity index (χ1v) is 9.90. The summed E-state index contributed by atoms with van der Waals surface area (Å²) in [7, 11) is -1.42. The zero-order valence-corrected chi connectivity index (χ0v) is 14.3. The highest BCUT2D eigenvalue weighted by Crippen LogP contribution is 2.47. The van der Waals surface area contributed by atoms with Crippen molar-refractivity contribution >= 4 is 7.60 Å². The summed E-state index contributed by atoms with van der Waals surface area (Å²) in [5.74, 6) is 0. The lowest BCUT2D eigenvalue weighted by Crippen LogP contribution is -2.09. The van der Waals surface area contributed by atoms with Crippen LogP contribution in [-0.2, 0) is 13.6 Å². The predicted octanol–water partition coefficient (Wildman–Crippen LogP) is 4.72. The van der Waals surface area contributed by atoms with Crippen molar-refractivity contribution in [3.05, 3.63) is 0 Å². The smallest absolute Gasteiger partial charge is 0.328 e. The van der Waals surface area contributed by atoms with E-state index >= 15 is 0 Å². The van der Waals surface area contributed by atoms with Crippen LogP contribution in [0.15, 0.2) is 0 Å². The summed E-state index contributed by atoms with van der Waals surface area (Å²) in [5, 5.41) is 0. The average Bonchev–Trinajstić information content (AvgIpc) is 2.47. The molecule has 2 N–H and O–H groups in total. The van der Waals surface area contributed by atoms with Crippen molar-refractivity contribution in [2.45, 2.75) is 71.1 Å². The molecule has 122 valence electrons. The molecule has 0 rings (SSSR count). The molecule has 0 aromatic rings. The number of hydrogen-bond donors (Lipinski definition) is 1. The molecule has 1 unspecified atom stereocenters. The molecule has 0 fully saturated rings. The number of unbranched alkanes of at least 4 members (excludes halogenated alkanes) is 9. The van der Waals surface area contributed by atoms with Crippen molar-refractivity contribution in [3.8, 4) is 0 Å². The van der Waals surface area contributed by atoms with E-state index < -0.39 is 7.60 Å². The molecular weight excluding hydrogens is 273 g/mol. The van der Waals surface area contributed by atoms with Gasteiger partial charge in [-0.15, -0.1) is 0 Å². The van der Waals surface area contributed by atoms with Crippen LogP contribution in [0.2, 0.25) is 0 Å². The van der Waals surface area contributed by atoms with E-state index in [-0.39, 0.29) is 0 Å². The van der Waals surface area contributed by atoms with Crippen LogP contribution in [0.25, 0.3) is 0 Å². The second-order valence-corrected chi connectivity index (χ2v) is 7.61. The predicted molar refractivity (Wildman–Crippen MR) is 86.3 cm³/mol. The maximum atomic E-state index is 12.1. The molecule has 1 atom stereocenters. The zero-order chi connectivity index (χ0) is 15.1. The lowest BCUT2D eigenvalue weighted by Gasteiger charge is -2.15. The van der Waals surface area contributed by atoms with Gasteiger partial charge in [0.25, 0.3) is 0 Å². The summed E-state index contributed by atoms with van der Waals surface area (Å²) in [4.78, 5) is 0. The van der Waals surface area contributed by atoms with Crippen molar-refractivity contribution in [3.63, 3.8) is 0 Å². The van der Waals surface area contributed by atoms with Crippen molar-refractivity contribution in [2.24, 2.45) is 5.73 Å². The molecule has 0 aliphatic rings. The highest BCUT2D eigenvalue weighted by Gasteiger charge is 2.21. The molecule has 0 aromatic heterocycles. The first-order valence-electron chi connectivity index (χ1n) is 8.18. The van der Waals surface area contributed by atoms with Gasteiger partial charge in [0.1, 0.15) is 0 Å². The summed E-state index contributed by atoms with van der Waals surface area (Å²) >= 11 is 0. The monoisotopic (exact) mass is 307 g/mol. The van der Waals surface area contributed by atoms with Crippen LogP contribution in [0, 0.1) is 0 Å². The van der Waals surface area contributed by atoms with Crippen molar-refractivity contribution < 1.29 is 13.6 Å². The van der Waals surface area contributed by atoms with Gasteiger partial charge in [0.05, 0.1) is 12.8 Å². The minimum atomic E-state index is -2.87. The molecule has 0 amide bonds. The van der Waals surface area contributed by atoms with Crippen LogP contribution in [0.1, 0.15) is 71.1 Å². The molecule has 0 saturated heterocycles. The largest absolute Gasteiger partial charge is 0.330 e. The highest BCUT2D eigenvalue weighted by molar-refractivity contribution is 7.53. The van der Waals surface area contributed by atoms with Gasteiger partial charge in [-0.25, -0.2) is 0 Å². The minimum Gasteiger partial charge on any atom is -0.328 e. The van der Waals surface area contributed by atoms with Gasteiger partial charge < -0.3 is 14.8 Å². The van der Waals surface area contributed by atoms with Crippen molar-refractivity contribution in [1.82, 2.24) is 0 Å². The Morgan fingerprint density at radius 2 is 1.40 bits per heavy atom. The molecule has 20 heavy (non-hydrogen) atoms. The first kappa shape index (κ1) is 20.1. The van der Waals surface area contributed by atoms with Gasteiger partial charge in [0.2, 0.25) is 0 Å². The quantitative estimate of drug-likeness (QED) is 0.351. The zero-order valence-electron chi connectivity index (χ0n) is 13.4. The molecule has 4 nitrogen and oxygen atoms in total. The first-order chi connectivity index (χ1) is 9.68. The summed E-state index contributed by atoms with van der Waals surface area (Å²) < 4.78 is 22.3. The number of nitrogens with two attached hydrogens (primary N) is 1. The van der Waals surface area contributed by atoms with E-state index in [1.165, 1.54) is 58.5 Å². The Labute approximate surface area is 125 Å². The SMILES string of the molecule is CCCCCCCCCCCCP(=O)(OC)OCCN. The Morgan fingerprint density at radius 1 is 0.900 bits per heavy atom. The van der Waals surface area contributed by atoms with Gasteiger partial charge in [-0.1, -0.05) is 64.7 Å². The molecule has 0 aromatic carbocycles. The fourth-order valence-electron chi connectivity index (χ4n) is 2.19. The average molecular weight is 307 g/mol. The van der Waals surface area contributed by atoms with E-state index in [1.54, 1.807) is 0 Å². The Balaban J connectivity index is 3.39. The van der Waals surface area contributed by atoms with Gasteiger partial charge in [-0.2, -0.15) is 0 Å². The summed E-state index contributed by atoms with van der Waals surface area (Å²) in [5.41, 5.74) is 5.34. The minimum absolute atomic E-state index is 0.308. The third-order valence-electron chi connectivity index (χ3n) is 3.47. The second kappa shape index (κ2) is 14.1. The Kier molecular flexibility index (Phi) is 14.1. The molecular formula is C15H34NO3P. The van der Waals surface area contributed by atoms with Crippen LogP contribution in [0.4, 0.5) is 0 Å². The molecule has 0 aliphatic heterocycles. The van der Waals surface area contributed by atoms with E-state index in [4.69, 9.17) is 14.8 Å². The lowest BCUT2D eigenvalue weighted by atomic mass is 10.1. The highest BCUT2D eigenvalue weighted by atomic mass is 31.2. The van der Waals surface area contributed by atoms with Crippen LogP contribution < -0.4 is 5.73 Å². The van der Waals surface area contributed by atoms with Crippen LogP contribution in [0.5, 0.6) is 0 Å². The topological polar surface area (TPSA) is 61.5 Å². The Hall–Kier alpha value is 0.110. The summed E-state index contributed by atoms with van der Waals surface area (Å²) in [6.45, 7) is 2.93. The van der Waals surface area contributed by atoms with E-state index in [0.717, 1.165) is 12.8 Å². The molecule has 0 heterocycles. The van der Waals surface area contributed by atoms with Gasteiger partial charge in [0.15, 0.2) is 0 Å². The molecule has 0 saturated carbocycles. The van der Waals surface area contributed by atoms with Gasteiger partial charge >= 0.3 is 7.60 Å². The van der Waals surface area contributed by atoms with Crippen LogP contribution in [0.3, 0.4) is 0 Å². The van der Waals surface area contributed by atoms with Crippen LogP contribution >= 0.6 is 7.60 Å². The molecule has 5 heteroatoms. The van der Waals surface area contributed by atoms with E-state index in [0.29, 0.717) is 19.3 Å². The third-order valence-corrected chi connectivity index (χ3v) is 5.47. The van der Waals surface area contributed by atoms with Gasteiger partial charge in [0, 0.05) is 13.7 Å². The maximum Gasteiger partial charge on any atom is 0.330 e. The normalized spacial score (nSPS) is 14.3. The lowest BCUT2D eigenvalue weighted by molar-refractivity contribution is 0.238. The summed E-state index contributed by atoms with van der Waals surface area (Å²) in [6.07, 6.45) is 13.2. The third kappa shape index (κ3) is 11.9. The second-order valence-electron chi connectivity index (χ2n) is 5.32.